The van der Waals surface area contributed by atoms with Crippen LogP contribution >= 0.6 is 0 Å². The van der Waals surface area contributed by atoms with Crippen LogP contribution in [-0.4, -0.2) is 44.4 Å². The largest absolute Gasteiger partial charge is 0.370 e. The fourth-order valence-corrected chi connectivity index (χ4v) is 3.96. The van der Waals surface area contributed by atoms with Crippen molar-refractivity contribution in [3.63, 3.8) is 0 Å². The van der Waals surface area contributed by atoms with Gasteiger partial charge in [0.25, 0.3) is 0 Å². The van der Waals surface area contributed by atoms with E-state index in [0.29, 0.717) is 0 Å². The summed E-state index contributed by atoms with van der Waals surface area (Å²) in [6, 6.07) is 5.97. The quantitative estimate of drug-likeness (QED) is 0.249. The Morgan fingerprint density at radius 2 is 2.07 bits per heavy atom. The van der Waals surface area contributed by atoms with Gasteiger partial charge in [-0.25, -0.2) is 4.98 Å². The van der Waals surface area contributed by atoms with Gasteiger partial charge in [0.15, 0.2) is 5.82 Å². The zero-order valence-corrected chi connectivity index (χ0v) is 17.3. The van der Waals surface area contributed by atoms with Crippen LogP contribution < -0.4 is 5.84 Å². The first-order valence-electron chi connectivity index (χ1n) is 10.2. The lowest BCUT2D eigenvalue weighted by atomic mass is 10.1. The van der Waals surface area contributed by atoms with Crippen LogP contribution in [0.1, 0.15) is 36.2 Å². The second-order valence-corrected chi connectivity index (χ2v) is 7.53. The van der Waals surface area contributed by atoms with Gasteiger partial charge in [-0.05, 0) is 55.5 Å². The maximum atomic E-state index is 5.27. The summed E-state index contributed by atoms with van der Waals surface area (Å²) in [4.78, 5) is 10.8. The summed E-state index contributed by atoms with van der Waals surface area (Å²) in [5, 5.41) is 12.2. The van der Waals surface area contributed by atoms with Crippen LogP contribution in [0, 0.1) is 6.92 Å². The molecule has 3 heterocycles. The molecule has 0 radical (unpaired) electrons. The number of benzene rings is 1. The zero-order chi connectivity index (χ0) is 21.1. The van der Waals surface area contributed by atoms with Gasteiger partial charge < -0.3 is 15.7 Å². The molecule has 1 aliphatic rings. The van der Waals surface area contributed by atoms with Crippen molar-refractivity contribution in [2.45, 2.75) is 26.2 Å². The molecule has 0 aliphatic carbocycles. The van der Waals surface area contributed by atoms with Gasteiger partial charge in [0, 0.05) is 24.2 Å². The van der Waals surface area contributed by atoms with Crippen LogP contribution in [-0.2, 0) is 0 Å². The van der Waals surface area contributed by atoms with E-state index in [4.69, 9.17) is 10.8 Å². The van der Waals surface area contributed by atoms with Gasteiger partial charge in [0.2, 0.25) is 0 Å². The van der Waals surface area contributed by atoms with Gasteiger partial charge in [-0.15, -0.1) is 0 Å². The lowest BCUT2D eigenvalue weighted by Crippen LogP contribution is -2.28. The van der Waals surface area contributed by atoms with Gasteiger partial charge in [-0.1, -0.05) is 25.3 Å². The Hall–Kier alpha value is -3.61. The molecule has 0 atom stereocenters. The van der Waals surface area contributed by atoms with Crippen molar-refractivity contribution < 1.29 is 0 Å². The minimum Gasteiger partial charge on any atom is -0.370 e. The first-order chi connectivity index (χ1) is 14.6. The number of likely N-dealkylation sites (tertiary alicyclic amines) is 1. The molecule has 3 aromatic rings. The lowest BCUT2D eigenvalue weighted by Gasteiger charge is -2.30. The first-order valence-corrected chi connectivity index (χ1v) is 10.2. The van der Waals surface area contributed by atoms with Crippen molar-refractivity contribution in [2.75, 3.05) is 13.1 Å². The van der Waals surface area contributed by atoms with Crippen molar-refractivity contribution in [2.24, 2.45) is 10.9 Å². The number of imidazole rings is 1. The number of nitrogens with zero attached hydrogens (tertiary/aromatic N) is 4. The van der Waals surface area contributed by atoms with Crippen molar-refractivity contribution >= 4 is 28.4 Å². The van der Waals surface area contributed by atoms with Crippen molar-refractivity contribution in [1.82, 2.24) is 25.1 Å². The molecule has 1 saturated heterocycles. The molecule has 1 aliphatic heterocycles. The standard InChI is InChI=1S/C23H27N7/c1-4-8-20(30-11-6-5-7-12-30)21-16(3)26-23(27-21)22-18-13-17(15(2)14-25-24)9-10-19(18)28-29-22/h4,8-10,13-14H,1-2,5-7,11-12,24H2,3H3,(H,26,27)(H,28,29)/b20-8+,25-14-. The fourth-order valence-electron chi connectivity index (χ4n) is 3.96. The number of nitrogens with one attached hydrogen (secondary N) is 2. The van der Waals surface area contributed by atoms with Gasteiger partial charge in [-0.3, -0.25) is 5.10 Å². The number of hydrogen-bond donors (Lipinski definition) is 3. The average molecular weight is 402 g/mol. The maximum Gasteiger partial charge on any atom is 0.159 e. The number of nitrogens with two attached hydrogens (primary N) is 1. The highest BCUT2D eigenvalue weighted by Crippen LogP contribution is 2.30. The number of aromatic nitrogens is 4. The van der Waals surface area contributed by atoms with Gasteiger partial charge in [-0.2, -0.15) is 10.2 Å². The fraction of sp³-hybridized carbons (Fsp3) is 0.261. The highest BCUT2D eigenvalue weighted by atomic mass is 15.2. The first kappa shape index (κ1) is 19.7. The van der Waals surface area contributed by atoms with E-state index in [2.05, 4.69) is 44.4 Å². The predicted molar refractivity (Wildman–Crippen MR) is 124 cm³/mol. The third kappa shape index (κ3) is 3.66. The Balaban J connectivity index is 1.76. The Labute approximate surface area is 176 Å². The third-order valence-corrected chi connectivity index (χ3v) is 5.49. The monoisotopic (exact) mass is 401 g/mol. The number of rotatable bonds is 6. The van der Waals surface area contributed by atoms with Crippen LogP contribution in [0.15, 0.2) is 48.6 Å². The van der Waals surface area contributed by atoms with E-state index in [0.717, 1.165) is 63.7 Å². The molecule has 4 rings (SSSR count). The maximum absolute atomic E-state index is 5.27. The minimum absolute atomic E-state index is 0.732. The van der Waals surface area contributed by atoms with E-state index in [1.54, 1.807) is 6.21 Å². The summed E-state index contributed by atoms with van der Waals surface area (Å²) in [5.41, 5.74) is 6.44. The number of aryl methyl sites for hydroxylation is 1. The molecule has 0 saturated carbocycles. The predicted octanol–water partition coefficient (Wildman–Crippen LogP) is 4.23. The SMILES string of the molecule is C=C/C=C(\c1nc(-c2n[nH]c3ccc(C(=C)/C=N\N)cc23)[nH]c1C)N1CCCCC1. The topological polar surface area (TPSA) is 99.0 Å². The Bertz CT molecular complexity index is 1140. The van der Waals surface area contributed by atoms with Crippen LogP contribution in [0.3, 0.4) is 0 Å². The summed E-state index contributed by atoms with van der Waals surface area (Å²) >= 11 is 0. The molecule has 1 aromatic carbocycles. The molecule has 2 aromatic heterocycles. The number of fused-ring (bicyclic) bond motifs is 1. The second-order valence-electron chi connectivity index (χ2n) is 7.53. The molecule has 0 amide bonds. The summed E-state index contributed by atoms with van der Waals surface area (Å²) < 4.78 is 0. The van der Waals surface area contributed by atoms with E-state index >= 15 is 0 Å². The summed E-state index contributed by atoms with van der Waals surface area (Å²) in [6.07, 6.45) is 9.11. The number of piperidine rings is 1. The lowest BCUT2D eigenvalue weighted by molar-refractivity contribution is 0.325. The van der Waals surface area contributed by atoms with E-state index in [1.807, 2.05) is 31.2 Å². The van der Waals surface area contributed by atoms with E-state index in [-0.39, 0.29) is 0 Å². The van der Waals surface area contributed by atoms with E-state index < -0.39 is 0 Å². The molecule has 1 fully saturated rings. The third-order valence-electron chi connectivity index (χ3n) is 5.49. The molecule has 4 N–H and O–H groups in total. The van der Waals surface area contributed by atoms with Crippen LogP contribution in [0.4, 0.5) is 0 Å². The number of H-pyrrole nitrogens is 2. The molecular weight excluding hydrogens is 374 g/mol. The molecule has 0 unspecified atom stereocenters. The molecule has 7 heteroatoms. The molecule has 0 spiro atoms. The molecule has 7 nitrogen and oxygen atoms in total. The normalized spacial score (nSPS) is 15.2. The van der Waals surface area contributed by atoms with Crippen molar-refractivity contribution in [3.05, 3.63) is 60.5 Å². The zero-order valence-electron chi connectivity index (χ0n) is 17.3. The summed E-state index contributed by atoms with van der Waals surface area (Å²) in [7, 11) is 0. The number of aromatic amines is 2. The Morgan fingerprint density at radius 1 is 1.27 bits per heavy atom. The highest BCUT2D eigenvalue weighted by molar-refractivity contribution is 6.10. The Morgan fingerprint density at radius 3 is 2.80 bits per heavy atom. The van der Waals surface area contributed by atoms with Crippen molar-refractivity contribution in [3.8, 4) is 11.5 Å². The minimum atomic E-state index is 0.732. The smallest absolute Gasteiger partial charge is 0.159 e. The van der Waals surface area contributed by atoms with Crippen molar-refractivity contribution in [1.29, 1.82) is 0 Å². The van der Waals surface area contributed by atoms with Crippen LogP contribution in [0.5, 0.6) is 0 Å². The van der Waals surface area contributed by atoms with Gasteiger partial charge >= 0.3 is 0 Å². The number of hydrogen-bond acceptors (Lipinski definition) is 5. The number of allylic oxidation sites excluding steroid dienone is 3. The molecule has 30 heavy (non-hydrogen) atoms. The molecule has 0 bridgehead atoms. The highest BCUT2D eigenvalue weighted by Gasteiger charge is 2.21. The van der Waals surface area contributed by atoms with Gasteiger partial charge in [0.05, 0.1) is 17.4 Å². The second kappa shape index (κ2) is 8.41. The van der Waals surface area contributed by atoms with Crippen LogP contribution in [0.25, 0.3) is 33.7 Å². The van der Waals surface area contributed by atoms with E-state index in [1.165, 1.54) is 19.3 Å². The van der Waals surface area contributed by atoms with Crippen LogP contribution in [0.2, 0.25) is 0 Å². The van der Waals surface area contributed by atoms with Gasteiger partial charge in [0.1, 0.15) is 11.4 Å². The molecule has 154 valence electrons. The van der Waals surface area contributed by atoms with E-state index in [9.17, 15) is 0 Å². The average Bonchev–Trinajstić information content (AvgIpc) is 3.35. The number of hydrazone groups is 1. The summed E-state index contributed by atoms with van der Waals surface area (Å²) in [6.45, 7) is 12.1. The summed E-state index contributed by atoms with van der Waals surface area (Å²) in [5.74, 6) is 6.01. The Kier molecular flexibility index (Phi) is 5.52. The molecular formula is C23H27N7.